The molecule has 3 rings (SSSR count). The van der Waals surface area contributed by atoms with Gasteiger partial charge in [0.15, 0.2) is 0 Å². The number of anilines is 1. The number of methoxy groups -OCH3 is 1. The van der Waals surface area contributed by atoms with Crippen LogP contribution in [-0.2, 0) is 0 Å². The van der Waals surface area contributed by atoms with E-state index in [1.807, 2.05) is 24.3 Å². The van der Waals surface area contributed by atoms with Crippen molar-refractivity contribution < 1.29 is 9.53 Å². The van der Waals surface area contributed by atoms with Gasteiger partial charge in [0, 0.05) is 22.5 Å². The fourth-order valence-corrected chi connectivity index (χ4v) is 2.47. The lowest BCUT2D eigenvalue weighted by Gasteiger charge is -2.08. The largest absolute Gasteiger partial charge is 0.496 e. The summed E-state index contributed by atoms with van der Waals surface area (Å²) in [6.07, 6.45) is 1.73. The smallest absolute Gasteiger partial charge is 0.345 e. The number of pyridine rings is 1. The molecule has 7 heteroatoms. The first kappa shape index (κ1) is 19.6. The second kappa shape index (κ2) is 9.08. The van der Waals surface area contributed by atoms with E-state index in [1.54, 1.807) is 49.7 Å². The number of rotatable bonds is 3. The van der Waals surface area contributed by atoms with Crippen LogP contribution in [0.2, 0.25) is 5.02 Å². The molecule has 0 aliphatic carbocycles. The van der Waals surface area contributed by atoms with E-state index in [2.05, 4.69) is 15.3 Å². The molecule has 26 heavy (non-hydrogen) atoms. The van der Waals surface area contributed by atoms with Gasteiger partial charge in [-0.3, -0.25) is 0 Å². The molecule has 0 atom stereocenters. The SMILES string of the molecule is COc1ccccc1-c1cc(=NC(=O)Nc2ccc(Cl)cc2)cc[nH]1.Cl. The maximum Gasteiger partial charge on any atom is 0.345 e. The van der Waals surface area contributed by atoms with Gasteiger partial charge in [-0.25, -0.2) is 4.79 Å². The molecule has 0 unspecified atom stereocenters. The topological polar surface area (TPSA) is 66.5 Å². The monoisotopic (exact) mass is 389 g/mol. The Hall–Kier alpha value is -2.76. The molecule has 5 nitrogen and oxygen atoms in total. The summed E-state index contributed by atoms with van der Waals surface area (Å²) in [7, 11) is 1.62. The normalized spacial score (nSPS) is 10.8. The predicted octanol–water partition coefficient (Wildman–Crippen LogP) is 4.90. The van der Waals surface area contributed by atoms with Crippen molar-refractivity contribution in [3.05, 3.63) is 77.2 Å². The molecule has 134 valence electrons. The van der Waals surface area contributed by atoms with Crippen molar-refractivity contribution in [1.29, 1.82) is 0 Å². The Morgan fingerprint density at radius 2 is 1.85 bits per heavy atom. The molecule has 3 aromatic rings. The second-order valence-electron chi connectivity index (χ2n) is 5.21. The molecule has 0 saturated carbocycles. The van der Waals surface area contributed by atoms with E-state index in [-0.39, 0.29) is 12.4 Å². The third-order valence-electron chi connectivity index (χ3n) is 3.51. The van der Waals surface area contributed by atoms with Crippen LogP contribution in [0.3, 0.4) is 0 Å². The number of nitrogens with zero attached hydrogens (tertiary/aromatic N) is 1. The summed E-state index contributed by atoms with van der Waals surface area (Å²) in [6, 6.07) is 17.5. The van der Waals surface area contributed by atoms with E-state index in [9.17, 15) is 4.79 Å². The molecular formula is C19H17Cl2N3O2. The van der Waals surface area contributed by atoms with Crippen LogP contribution in [0, 0.1) is 0 Å². The predicted molar refractivity (Wildman–Crippen MR) is 106 cm³/mol. The average Bonchev–Trinajstić information content (AvgIpc) is 2.64. The van der Waals surface area contributed by atoms with Crippen molar-refractivity contribution in [3.8, 4) is 17.0 Å². The molecule has 0 fully saturated rings. The Bertz CT molecular complexity index is 953. The van der Waals surface area contributed by atoms with E-state index >= 15 is 0 Å². The molecule has 0 aliphatic heterocycles. The highest BCUT2D eigenvalue weighted by Gasteiger charge is 2.05. The number of aromatic nitrogens is 1. The quantitative estimate of drug-likeness (QED) is 0.668. The van der Waals surface area contributed by atoms with Crippen LogP contribution in [-0.4, -0.2) is 18.1 Å². The number of amides is 2. The molecule has 1 heterocycles. The summed E-state index contributed by atoms with van der Waals surface area (Å²) in [6.45, 7) is 0. The van der Waals surface area contributed by atoms with Crippen LogP contribution < -0.4 is 15.4 Å². The van der Waals surface area contributed by atoms with Gasteiger partial charge < -0.3 is 15.0 Å². The van der Waals surface area contributed by atoms with Gasteiger partial charge >= 0.3 is 6.03 Å². The highest BCUT2D eigenvalue weighted by molar-refractivity contribution is 6.30. The van der Waals surface area contributed by atoms with Crippen LogP contribution in [0.25, 0.3) is 11.3 Å². The molecule has 2 amide bonds. The molecule has 1 aromatic heterocycles. The van der Waals surface area contributed by atoms with Crippen molar-refractivity contribution in [2.75, 3.05) is 12.4 Å². The van der Waals surface area contributed by atoms with E-state index < -0.39 is 6.03 Å². The number of benzene rings is 2. The molecule has 0 aliphatic rings. The Morgan fingerprint density at radius 3 is 2.58 bits per heavy atom. The lowest BCUT2D eigenvalue weighted by atomic mass is 10.1. The van der Waals surface area contributed by atoms with Crippen molar-refractivity contribution in [3.63, 3.8) is 0 Å². The summed E-state index contributed by atoms with van der Waals surface area (Å²) in [5.41, 5.74) is 2.32. The minimum absolute atomic E-state index is 0. The van der Waals surface area contributed by atoms with Gasteiger partial charge in [0.05, 0.1) is 18.2 Å². The van der Waals surface area contributed by atoms with Gasteiger partial charge in [0.25, 0.3) is 0 Å². The lowest BCUT2D eigenvalue weighted by Crippen LogP contribution is -2.12. The van der Waals surface area contributed by atoms with Gasteiger partial charge in [-0.2, -0.15) is 4.99 Å². The summed E-state index contributed by atoms with van der Waals surface area (Å²) >= 11 is 5.83. The number of halogens is 2. The van der Waals surface area contributed by atoms with Crippen molar-refractivity contribution >= 4 is 35.7 Å². The third-order valence-corrected chi connectivity index (χ3v) is 3.76. The van der Waals surface area contributed by atoms with Gasteiger partial charge in [0.2, 0.25) is 0 Å². The zero-order valence-electron chi connectivity index (χ0n) is 13.9. The Labute approximate surface area is 162 Å². The van der Waals surface area contributed by atoms with E-state index in [0.29, 0.717) is 16.1 Å². The molecule has 0 bridgehead atoms. The minimum Gasteiger partial charge on any atom is -0.496 e. The van der Waals surface area contributed by atoms with Crippen molar-refractivity contribution in [2.24, 2.45) is 4.99 Å². The summed E-state index contributed by atoms with van der Waals surface area (Å²) in [5, 5.41) is 3.84. The summed E-state index contributed by atoms with van der Waals surface area (Å²) in [5.74, 6) is 0.738. The van der Waals surface area contributed by atoms with Crippen molar-refractivity contribution in [1.82, 2.24) is 4.98 Å². The van der Waals surface area contributed by atoms with Crippen LogP contribution in [0.4, 0.5) is 10.5 Å². The number of urea groups is 1. The van der Waals surface area contributed by atoms with Crippen LogP contribution in [0.5, 0.6) is 5.75 Å². The van der Waals surface area contributed by atoms with E-state index in [1.165, 1.54) is 0 Å². The molecule has 0 radical (unpaired) electrons. The number of H-pyrrole nitrogens is 1. The second-order valence-corrected chi connectivity index (χ2v) is 5.65. The van der Waals surface area contributed by atoms with Gasteiger partial charge in [-0.1, -0.05) is 23.7 Å². The summed E-state index contributed by atoms with van der Waals surface area (Å²) < 4.78 is 5.37. The summed E-state index contributed by atoms with van der Waals surface area (Å²) in [4.78, 5) is 19.3. The first-order valence-electron chi connectivity index (χ1n) is 7.59. The Balaban J connectivity index is 0.00000243. The minimum atomic E-state index is -0.459. The number of hydrogen-bond acceptors (Lipinski definition) is 2. The number of para-hydroxylation sites is 1. The zero-order chi connectivity index (χ0) is 17.6. The molecule has 0 saturated heterocycles. The third kappa shape index (κ3) is 4.88. The maximum absolute atomic E-state index is 12.1. The first-order chi connectivity index (χ1) is 12.2. The van der Waals surface area contributed by atoms with Crippen LogP contribution in [0.1, 0.15) is 0 Å². The fraction of sp³-hybridized carbons (Fsp3) is 0.0526. The highest BCUT2D eigenvalue weighted by atomic mass is 35.5. The van der Waals surface area contributed by atoms with Gasteiger partial charge in [-0.15, -0.1) is 12.4 Å². The lowest BCUT2D eigenvalue weighted by molar-refractivity contribution is 0.259. The number of hydrogen-bond donors (Lipinski definition) is 2. The van der Waals surface area contributed by atoms with Crippen molar-refractivity contribution in [2.45, 2.75) is 0 Å². The average molecular weight is 390 g/mol. The maximum atomic E-state index is 12.1. The number of carbonyl (C=O) groups excluding carboxylic acids is 1. The number of carbonyl (C=O) groups is 1. The van der Waals surface area contributed by atoms with E-state index in [4.69, 9.17) is 16.3 Å². The molecule has 2 N–H and O–H groups in total. The Morgan fingerprint density at radius 1 is 1.12 bits per heavy atom. The number of nitrogens with one attached hydrogen (secondary N) is 2. The Kier molecular flexibility index (Phi) is 6.83. The molecular weight excluding hydrogens is 373 g/mol. The zero-order valence-corrected chi connectivity index (χ0v) is 15.5. The van der Waals surface area contributed by atoms with Gasteiger partial charge in [0.1, 0.15) is 5.75 Å². The fourth-order valence-electron chi connectivity index (χ4n) is 2.35. The standard InChI is InChI=1S/C19H16ClN3O2.ClH/c1-25-18-5-3-2-4-16(18)17-12-15(10-11-21-17)23-19(24)22-14-8-6-13(20)7-9-14;/h2-12H,1H3,(H2,21,22,23,24);1H. The van der Waals surface area contributed by atoms with Gasteiger partial charge in [-0.05, 0) is 48.5 Å². The molecule has 0 spiro atoms. The number of ether oxygens (including phenoxy) is 1. The molecule has 2 aromatic carbocycles. The highest BCUT2D eigenvalue weighted by Crippen LogP contribution is 2.26. The van der Waals surface area contributed by atoms with Crippen LogP contribution in [0.15, 0.2) is 71.9 Å². The van der Waals surface area contributed by atoms with Crippen LogP contribution >= 0.6 is 24.0 Å². The first-order valence-corrected chi connectivity index (χ1v) is 7.97. The van der Waals surface area contributed by atoms with E-state index in [0.717, 1.165) is 17.0 Å². The number of aromatic amines is 1.